The zero-order valence-electron chi connectivity index (χ0n) is 16.5. The van der Waals surface area contributed by atoms with Crippen molar-refractivity contribution in [1.82, 2.24) is 10.6 Å². The molecule has 0 bridgehead atoms. The van der Waals surface area contributed by atoms with Gasteiger partial charge in [0.15, 0.2) is 5.96 Å². The standard InChI is InChI=1S/C19H32FN3O3.HI/c1-4-5-11-24-13-14-25-12-10-22-19(21-3)23-15-16(2)26-18-8-6-17(20)7-9-18;/h6-9,16H,4-5,10-15H2,1-3H3,(H2,21,22,23);1H. The monoisotopic (exact) mass is 497 g/mol. The highest BCUT2D eigenvalue weighted by Crippen LogP contribution is 2.12. The van der Waals surface area contributed by atoms with Crippen molar-refractivity contribution in [3.63, 3.8) is 0 Å². The summed E-state index contributed by atoms with van der Waals surface area (Å²) in [7, 11) is 1.71. The lowest BCUT2D eigenvalue weighted by molar-refractivity contribution is 0.0487. The van der Waals surface area contributed by atoms with E-state index in [0.717, 1.165) is 19.4 Å². The minimum Gasteiger partial charge on any atom is -0.489 e. The van der Waals surface area contributed by atoms with Gasteiger partial charge in [-0.05, 0) is 37.6 Å². The third kappa shape index (κ3) is 13.7. The summed E-state index contributed by atoms with van der Waals surface area (Å²) in [5.41, 5.74) is 0. The quantitative estimate of drug-likeness (QED) is 0.190. The van der Waals surface area contributed by atoms with E-state index in [9.17, 15) is 4.39 Å². The molecule has 0 fully saturated rings. The van der Waals surface area contributed by atoms with Crippen molar-refractivity contribution in [2.45, 2.75) is 32.8 Å². The van der Waals surface area contributed by atoms with Crippen LogP contribution in [-0.2, 0) is 9.47 Å². The van der Waals surface area contributed by atoms with Gasteiger partial charge in [-0.1, -0.05) is 13.3 Å². The summed E-state index contributed by atoms with van der Waals surface area (Å²) in [5.74, 6) is 1.04. The van der Waals surface area contributed by atoms with Crippen LogP contribution in [0.5, 0.6) is 5.75 Å². The SMILES string of the molecule is CCCCOCCOCCNC(=NC)NCC(C)Oc1ccc(F)cc1.I. The highest BCUT2D eigenvalue weighted by molar-refractivity contribution is 14.0. The van der Waals surface area contributed by atoms with Crippen LogP contribution in [0.15, 0.2) is 29.3 Å². The molecule has 0 amide bonds. The van der Waals surface area contributed by atoms with Crippen LogP contribution in [0.3, 0.4) is 0 Å². The van der Waals surface area contributed by atoms with Crippen LogP contribution in [0, 0.1) is 5.82 Å². The van der Waals surface area contributed by atoms with E-state index < -0.39 is 0 Å². The number of aliphatic imine (C=N–C) groups is 1. The Bertz CT molecular complexity index is 503. The van der Waals surface area contributed by atoms with Gasteiger partial charge in [-0.2, -0.15) is 0 Å². The molecule has 0 spiro atoms. The third-order valence-corrected chi connectivity index (χ3v) is 3.48. The predicted octanol–water partition coefficient (Wildman–Crippen LogP) is 3.21. The molecule has 8 heteroatoms. The van der Waals surface area contributed by atoms with E-state index in [1.807, 2.05) is 6.92 Å². The Morgan fingerprint density at radius 2 is 1.74 bits per heavy atom. The van der Waals surface area contributed by atoms with Crippen LogP contribution in [0.2, 0.25) is 0 Å². The van der Waals surface area contributed by atoms with Crippen LogP contribution < -0.4 is 15.4 Å². The minimum absolute atomic E-state index is 0. The van der Waals surface area contributed by atoms with E-state index in [-0.39, 0.29) is 35.9 Å². The fraction of sp³-hybridized carbons (Fsp3) is 0.632. The van der Waals surface area contributed by atoms with Crippen LogP contribution >= 0.6 is 24.0 Å². The average molecular weight is 497 g/mol. The zero-order valence-corrected chi connectivity index (χ0v) is 18.8. The lowest BCUT2D eigenvalue weighted by atomic mass is 10.3. The topological polar surface area (TPSA) is 64.1 Å². The number of unbranched alkanes of at least 4 members (excludes halogenated alkanes) is 1. The van der Waals surface area contributed by atoms with Crippen LogP contribution in [-0.4, -0.2) is 58.6 Å². The summed E-state index contributed by atoms with van der Waals surface area (Å²) < 4.78 is 29.5. The summed E-state index contributed by atoms with van der Waals surface area (Å²) in [6.07, 6.45) is 2.15. The molecular formula is C19H33FIN3O3. The fourth-order valence-corrected chi connectivity index (χ4v) is 2.06. The van der Waals surface area contributed by atoms with E-state index in [4.69, 9.17) is 14.2 Å². The molecule has 27 heavy (non-hydrogen) atoms. The van der Waals surface area contributed by atoms with Gasteiger partial charge >= 0.3 is 0 Å². The molecule has 1 unspecified atom stereocenters. The van der Waals surface area contributed by atoms with Crippen molar-refractivity contribution in [1.29, 1.82) is 0 Å². The second-order valence-corrected chi connectivity index (χ2v) is 5.84. The van der Waals surface area contributed by atoms with Gasteiger partial charge in [0.1, 0.15) is 17.7 Å². The van der Waals surface area contributed by atoms with Gasteiger partial charge in [-0.25, -0.2) is 4.39 Å². The molecule has 1 atom stereocenters. The molecule has 0 aromatic heterocycles. The largest absolute Gasteiger partial charge is 0.489 e. The number of benzene rings is 1. The Morgan fingerprint density at radius 1 is 1.07 bits per heavy atom. The van der Waals surface area contributed by atoms with Gasteiger partial charge in [0.2, 0.25) is 0 Å². The maximum absolute atomic E-state index is 12.9. The highest BCUT2D eigenvalue weighted by atomic mass is 127. The van der Waals surface area contributed by atoms with Gasteiger partial charge in [0.25, 0.3) is 0 Å². The van der Waals surface area contributed by atoms with E-state index >= 15 is 0 Å². The first kappa shape index (κ1) is 25.9. The number of halogens is 2. The Labute approximate surface area is 179 Å². The Kier molecular flexibility index (Phi) is 16.3. The Morgan fingerprint density at radius 3 is 2.37 bits per heavy atom. The van der Waals surface area contributed by atoms with Crippen molar-refractivity contribution in [2.24, 2.45) is 4.99 Å². The number of nitrogens with one attached hydrogen (secondary N) is 2. The van der Waals surface area contributed by atoms with Gasteiger partial charge in [-0.15, -0.1) is 24.0 Å². The second-order valence-electron chi connectivity index (χ2n) is 5.84. The summed E-state index contributed by atoms with van der Waals surface area (Å²) in [6.45, 7) is 7.91. The summed E-state index contributed by atoms with van der Waals surface area (Å²) in [6, 6.07) is 5.99. The first-order valence-electron chi connectivity index (χ1n) is 9.18. The van der Waals surface area contributed by atoms with Gasteiger partial charge in [0, 0.05) is 20.2 Å². The molecule has 0 aliphatic carbocycles. The van der Waals surface area contributed by atoms with Gasteiger partial charge in [-0.3, -0.25) is 4.99 Å². The summed E-state index contributed by atoms with van der Waals surface area (Å²) in [5, 5.41) is 6.36. The van der Waals surface area contributed by atoms with Crippen molar-refractivity contribution < 1.29 is 18.6 Å². The number of rotatable bonds is 13. The van der Waals surface area contributed by atoms with E-state index in [0.29, 0.717) is 44.6 Å². The first-order chi connectivity index (χ1) is 12.7. The number of guanidine groups is 1. The molecule has 1 rings (SSSR count). The fourth-order valence-electron chi connectivity index (χ4n) is 2.06. The lowest BCUT2D eigenvalue weighted by Gasteiger charge is -2.17. The Balaban J connectivity index is 0.00000676. The molecule has 1 aromatic rings. The molecule has 2 N–H and O–H groups in total. The molecular weight excluding hydrogens is 464 g/mol. The van der Waals surface area contributed by atoms with Gasteiger partial charge < -0.3 is 24.8 Å². The third-order valence-electron chi connectivity index (χ3n) is 3.48. The molecule has 0 heterocycles. The predicted molar refractivity (Wildman–Crippen MR) is 118 cm³/mol. The maximum atomic E-state index is 12.9. The number of nitrogens with zero attached hydrogens (tertiary/aromatic N) is 1. The van der Waals surface area contributed by atoms with Crippen LogP contribution in [0.25, 0.3) is 0 Å². The van der Waals surface area contributed by atoms with Crippen molar-refractivity contribution in [2.75, 3.05) is 46.6 Å². The molecule has 0 aliphatic rings. The molecule has 0 saturated carbocycles. The maximum Gasteiger partial charge on any atom is 0.191 e. The number of ether oxygens (including phenoxy) is 3. The van der Waals surface area contributed by atoms with Crippen LogP contribution in [0.1, 0.15) is 26.7 Å². The van der Waals surface area contributed by atoms with Crippen molar-refractivity contribution in [3.05, 3.63) is 30.1 Å². The van der Waals surface area contributed by atoms with Crippen molar-refractivity contribution in [3.8, 4) is 5.75 Å². The molecule has 6 nitrogen and oxygen atoms in total. The highest BCUT2D eigenvalue weighted by Gasteiger charge is 2.06. The zero-order chi connectivity index (χ0) is 19.0. The molecule has 156 valence electrons. The molecule has 1 aromatic carbocycles. The smallest absolute Gasteiger partial charge is 0.191 e. The van der Waals surface area contributed by atoms with Crippen molar-refractivity contribution >= 4 is 29.9 Å². The van der Waals surface area contributed by atoms with E-state index in [1.165, 1.54) is 12.1 Å². The molecule has 0 radical (unpaired) electrons. The average Bonchev–Trinajstić information content (AvgIpc) is 2.64. The number of hydrogen-bond donors (Lipinski definition) is 2. The Hall–Kier alpha value is -1.13. The second kappa shape index (κ2) is 17.0. The van der Waals surface area contributed by atoms with E-state index in [1.54, 1.807) is 19.2 Å². The first-order valence-corrected chi connectivity index (χ1v) is 9.18. The van der Waals surface area contributed by atoms with Gasteiger partial charge in [0.05, 0.1) is 26.4 Å². The van der Waals surface area contributed by atoms with E-state index in [2.05, 4.69) is 22.5 Å². The minimum atomic E-state index is -0.275. The van der Waals surface area contributed by atoms with Crippen LogP contribution in [0.4, 0.5) is 4.39 Å². The summed E-state index contributed by atoms with van der Waals surface area (Å²) >= 11 is 0. The molecule has 0 aliphatic heterocycles. The normalized spacial score (nSPS) is 12.2. The lowest BCUT2D eigenvalue weighted by Crippen LogP contribution is -2.42. The number of hydrogen-bond acceptors (Lipinski definition) is 4. The molecule has 0 saturated heterocycles. The summed E-state index contributed by atoms with van der Waals surface area (Å²) in [4.78, 5) is 4.16.